The Morgan fingerprint density at radius 1 is 1.42 bits per heavy atom. The zero-order valence-electron chi connectivity index (χ0n) is 12.4. The summed E-state index contributed by atoms with van der Waals surface area (Å²) in [7, 11) is 0. The third-order valence-corrected chi connectivity index (χ3v) is 3.40. The lowest BCUT2D eigenvalue weighted by Crippen LogP contribution is -2.36. The van der Waals surface area contributed by atoms with Crippen LogP contribution in [0.15, 0.2) is 24.3 Å². The number of rotatable bonds is 2. The first-order valence-corrected chi connectivity index (χ1v) is 6.95. The highest BCUT2D eigenvalue weighted by Gasteiger charge is 2.41. The molecule has 0 radical (unpaired) electrons. The third-order valence-electron chi connectivity index (χ3n) is 3.40. The van der Waals surface area contributed by atoms with Gasteiger partial charge in [-0.1, -0.05) is 12.1 Å². The lowest BCUT2D eigenvalue weighted by Gasteiger charge is -2.22. The van der Waals surface area contributed by atoms with Crippen molar-refractivity contribution >= 4 is 23.5 Å². The molecule has 24 heavy (non-hydrogen) atoms. The summed E-state index contributed by atoms with van der Waals surface area (Å²) < 4.78 is 39.0. The lowest BCUT2D eigenvalue weighted by molar-refractivity contribution is -0.145. The molecule has 1 unspecified atom stereocenters. The smallest absolute Gasteiger partial charge is 0.324 e. The highest BCUT2D eigenvalue weighted by Crippen LogP contribution is 2.31. The summed E-state index contributed by atoms with van der Waals surface area (Å²) in [6.07, 6.45) is -5.10. The van der Waals surface area contributed by atoms with Crippen molar-refractivity contribution in [3.05, 3.63) is 35.7 Å². The molecule has 1 aromatic heterocycles. The van der Waals surface area contributed by atoms with Crippen LogP contribution in [0.25, 0.3) is 0 Å². The molecule has 2 heterocycles. The monoisotopic (exact) mass is 339 g/mol. The largest absolute Gasteiger partial charge is 0.453 e. The predicted octanol–water partition coefficient (Wildman–Crippen LogP) is 2.13. The molecule has 7 nitrogen and oxygen atoms in total. The summed E-state index contributed by atoms with van der Waals surface area (Å²) in [5.41, 5.74) is 1.37. The molecule has 0 bridgehead atoms. The Bertz CT molecular complexity index is 815. The van der Waals surface area contributed by atoms with E-state index in [-0.39, 0.29) is 6.42 Å². The van der Waals surface area contributed by atoms with Crippen molar-refractivity contribution in [2.75, 3.05) is 10.6 Å². The molecule has 0 spiro atoms. The summed E-state index contributed by atoms with van der Waals surface area (Å²) in [6, 6.07) is 5.68. The molecular weight excluding hydrogens is 327 g/mol. The van der Waals surface area contributed by atoms with Gasteiger partial charge in [0.05, 0.1) is 6.42 Å². The summed E-state index contributed by atoms with van der Waals surface area (Å²) in [5, 5.41) is 8.08. The fourth-order valence-electron chi connectivity index (χ4n) is 2.34. The van der Waals surface area contributed by atoms with Gasteiger partial charge in [-0.3, -0.25) is 14.9 Å². The first-order chi connectivity index (χ1) is 11.2. The number of anilines is 2. The van der Waals surface area contributed by atoms with Crippen molar-refractivity contribution in [3.8, 4) is 0 Å². The number of amides is 2. The van der Waals surface area contributed by atoms with Gasteiger partial charge in [-0.05, 0) is 24.6 Å². The number of carbonyl (C=O) groups excluding carboxylic acids is 2. The quantitative estimate of drug-likeness (QED) is 0.877. The van der Waals surface area contributed by atoms with Gasteiger partial charge in [0.2, 0.25) is 17.8 Å². The average Bonchev–Trinajstić information content (AvgIpc) is 2.90. The molecule has 1 atom stereocenters. The van der Waals surface area contributed by atoms with Crippen LogP contribution in [0.4, 0.5) is 24.8 Å². The Morgan fingerprint density at radius 2 is 2.17 bits per heavy atom. The van der Waals surface area contributed by atoms with Crippen LogP contribution < -0.4 is 10.6 Å². The van der Waals surface area contributed by atoms with Crippen molar-refractivity contribution in [1.82, 2.24) is 14.8 Å². The van der Waals surface area contributed by atoms with Crippen molar-refractivity contribution in [2.45, 2.75) is 25.6 Å². The van der Waals surface area contributed by atoms with Gasteiger partial charge in [-0.2, -0.15) is 18.2 Å². The molecule has 2 aromatic rings. The number of nitrogens with one attached hydrogen (secondary N) is 2. The second kappa shape index (κ2) is 5.62. The third kappa shape index (κ3) is 3.07. The van der Waals surface area contributed by atoms with Crippen LogP contribution >= 0.6 is 0 Å². The molecule has 1 aliphatic heterocycles. The maximum Gasteiger partial charge on any atom is 0.453 e. The van der Waals surface area contributed by atoms with Gasteiger partial charge < -0.3 is 5.32 Å². The van der Waals surface area contributed by atoms with Crippen LogP contribution in [0, 0.1) is 6.92 Å². The number of fused-ring (bicyclic) bond motifs is 1. The number of carbonyl (C=O) groups is 2. The van der Waals surface area contributed by atoms with Crippen molar-refractivity contribution in [1.29, 1.82) is 0 Å². The minimum atomic E-state index is -4.77. The molecule has 1 aliphatic rings. The standard InChI is InChI=1S/C14H12F3N5O2/c1-7-3-2-4-8(5-7)18-11(24)9-6-10(23)19-13-20-12(14(15,16)17)21-22(9)13/h2-5,9H,6H2,1H3,(H,18,24)(H,19,20,21,23). The van der Waals surface area contributed by atoms with E-state index in [1.165, 1.54) is 0 Å². The van der Waals surface area contributed by atoms with Gasteiger partial charge in [0, 0.05) is 5.69 Å². The number of aryl methyl sites for hydroxylation is 1. The van der Waals surface area contributed by atoms with Crippen LogP contribution in [0.2, 0.25) is 0 Å². The number of benzene rings is 1. The van der Waals surface area contributed by atoms with Gasteiger partial charge in [0.15, 0.2) is 0 Å². The molecule has 126 valence electrons. The molecule has 1 aromatic carbocycles. The highest BCUT2D eigenvalue weighted by atomic mass is 19.4. The summed E-state index contributed by atoms with van der Waals surface area (Å²) in [5.74, 6) is -3.06. The SMILES string of the molecule is Cc1cccc(NC(=O)C2CC(=O)Nc3nc(C(F)(F)F)nn32)c1. The van der Waals surface area contributed by atoms with Crippen molar-refractivity contribution < 1.29 is 22.8 Å². The van der Waals surface area contributed by atoms with Crippen molar-refractivity contribution in [2.24, 2.45) is 0 Å². The molecule has 0 saturated heterocycles. The highest BCUT2D eigenvalue weighted by molar-refractivity contribution is 6.00. The summed E-state index contributed by atoms with van der Waals surface area (Å²) >= 11 is 0. The van der Waals surface area contributed by atoms with Crippen LogP contribution in [0.5, 0.6) is 0 Å². The molecule has 3 rings (SSSR count). The van der Waals surface area contributed by atoms with E-state index < -0.39 is 35.8 Å². The molecule has 2 N–H and O–H groups in total. The van der Waals surface area contributed by atoms with Crippen LogP contribution in [0.3, 0.4) is 0 Å². The van der Waals surface area contributed by atoms with Gasteiger partial charge in [0.1, 0.15) is 6.04 Å². The second-order valence-electron chi connectivity index (χ2n) is 5.33. The minimum absolute atomic E-state index is 0.328. The maximum absolute atomic E-state index is 12.7. The predicted molar refractivity (Wildman–Crippen MR) is 77.1 cm³/mol. The van der Waals surface area contributed by atoms with Crippen LogP contribution in [-0.4, -0.2) is 26.6 Å². The molecule has 10 heteroatoms. The Balaban J connectivity index is 1.90. The Kier molecular flexibility index (Phi) is 3.74. The minimum Gasteiger partial charge on any atom is -0.324 e. The Labute approximate surface area is 133 Å². The lowest BCUT2D eigenvalue weighted by atomic mass is 10.1. The van der Waals surface area contributed by atoms with E-state index in [1.54, 1.807) is 18.2 Å². The van der Waals surface area contributed by atoms with Crippen LogP contribution in [-0.2, 0) is 15.8 Å². The number of halogens is 3. The van der Waals surface area contributed by atoms with E-state index in [4.69, 9.17) is 0 Å². The first-order valence-electron chi connectivity index (χ1n) is 6.95. The number of nitrogens with zero attached hydrogens (tertiary/aromatic N) is 3. The number of aromatic nitrogens is 3. The van der Waals surface area contributed by atoms with Crippen LogP contribution in [0.1, 0.15) is 23.9 Å². The van der Waals surface area contributed by atoms with Gasteiger partial charge in [-0.15, -0.1) is 5.10 Å². The molecule has 0 aliphatic carbocycles. The zero-order valence-corrected chi connectivity index (χ0v) is 12.4. The summed E-state index contributed by atoms with van der Waals surface area (Å²) in [6.45, 7) is 1.83. The molecule has 0 fully saturated rings. The number of alkyl halides is 3. The van der Waals surface area contributed by atoms with Gasteiger partial charge in [-0.25, -0.2) is 4.68 Å². The number of hydrogen-bond acceptors (Lipinski definition) is 4. The number of hydrogen-bond donors (Lipinski definition) is 2. The second-order valence-corrected chi connectivity index (χ2v) is 5.33. The van der Waals surface area contributed by atoms with Gasteiger partial charge in [0.25, 0.3) is 5.82 Å². The van der Waals surface area contributed by atoms with E-state index in [0.29, 0.717) is 5.69 Å². The van der Waals surface area contributed by atoms with E-state index in [1.807, 2.05) is 13.0 Å². The fraction of sp³-hybridized carbons (Fsp3) is 0.286. The van der Waals surface area contributed by atoms with E-state index in [2.05, 4.69) is 20.7 Å². The maximum atomic E-state index is 12.7. The molecular formula is C14H12F3N5O2. The van der Waals surface area contributed by atoms with E-state index >= 15 is 0 Å². The fourth-order valence-corrected chi connectivity index (χ4v) is 2.34. The van der Waals surface area contributed by atoms with E-state index in [9.17, 15) is 22.8 Å². The molecule has 2 amide bonds. The van der Waals surface area contributed by atoms with E-state index in [0.717, 1.165) is 10.2 Å². The Morgan fingerprint density at radius 3 is 2.83 bits per heavy atom. The van der Waals surface area contributed by atoms with Gasteiger partial charge >= 0.3 is 6.18 Å². The average molecular weight is 339 g/mol. The molecule has 0 saturated carbocycles. The Hall–Kier alpha value is -2.91. The van der Waals surface area contributed by atoms with Crippen molar-refractivity contribution in [3.63, 3.8) is 0 Å². The normalized spacial score (nSPS) is 17.2. The topological polar surface area (TPSA) is 88.9 Å². The first kappa shape index (κ1) is 16.0. The summed E-state index contributed by atoms with van der Waals surface area (Å²) in [4.78, 5) is 27.3. The zero-order chi connectivity index (χ0) is 17.5.